The van der Waals surface area contributed by atoms with Gasteiger partial charge in [0.2, 0.25) is 0 Å². The summed E-state index contributed by atoms with van der Waals surface area (Å²) in [7, 11) is 0. The zero-order chi connectivity index (χ0) is 17.9. The Labute approximate surface area is 155 Å². The molecular formula is C22H26N2O2. The van der Waals surface area contributed by atoms with Crippen LogP contribution in [0.5, 0.6) is 0 Å². The van der Waals surface area contributed by atoms with Gasteiger partial charge in [0.15, 0.2) is 0 Å². The van der Waals surface area contributed by atoms with Gasteiger partial charge in [-0.1, -0.05) is 36.4 Å². The summed E-state index contributed by atoms with van der Waals surface area (Å²) < 4.78 is 5.53. The van der Waals surface area contributed by atoms with Crippen LogP contribution in [-0.2, 0) is 11.3 Å². The molecule has 0 amide bonds. The van der Waals surface area contributed by atoms with Crippen LogP contribution in [0.4, 0.5) is 5.69 Å². The Morgan fingerprint density at radius 2 is 1.77 bits per heavy atom. The summed E-state index contributed by atoms with van der Waals surface area (Å²) in [6.07, 6.45) is 2.73. The summed E-state index contributed by atoms with van der Waals surface area (Å²) in [5, 5.41) is 0. The van der Waals surface area contributed by atoms with Crippen LogP contribution < -0.4 is 4.90 Å². The Bertz CT molecular complexity index is 763. The van der Waals surface area contributed by atoms with Crippen molar-refractivity contribution in [1.29, 1.82) is 0 Å². The van der Waals surface area contributed by atoms with Gasteiger partial charge in [0.25, 0.3) is 0 Å². The molecule has 136 valence electrons. The molecule has 1 saturated carbocycles. The van der Waals surface area contributed by atoms with E-state index in [1.807, 2.05) is 49.4 Å². The highest BCUT2D eigenvalue weighted by molar-refractivity contribution is 5.92. The van der Waals surface area contributed by atoms with E-state index in [0.717, 1.165) is 49.0 Å². The van der Waals surface area contributed by atoms with E-state index >= 15 is 0 Å². The molecule has 0 spiro atoms. The summed E-state index contributed by atoms with van der Waals surface area (Å²) in [4.78, 5) is 17.6. The molecule has 0 atom stereocenters. The average Bonchev–Trinajstić information content (AvgIpc) is 3.53. The lowest BCUT2D eigenvalue weighted by Crippen LogP contribution is -2.47. The van der Waals surface area contributed by atoms with Crippen LogP contribution in [0.15, 0.2) is 48.5 Å². The van der Waals surface area contributed by atoms with Crippen molar-refractivity contribution < 1.29 is 9.53 Å². The molecule has 0 aromatic heterocycles. The molecule has 4 heteroatoms. The molecule has 1 aliphatic heterocycles. The van der Waals surface area contributed by atoms with Gasteiger partial charge >= 0.3 is 5.97 Å². The largest absolute Gasteiger partial charge is 0.457 e. The fourth-order valence-corrected chi connectivity index (χ4v) is 3.61. The van der Waals surface area contributed by atoms with Crippen LogP contribution in [0, 0.1) is 6.92 Å². The zero-order valence-electron chi connectivity index (χ0n) is 15.4. The van der Waals surface area contributed by atoms with Crippen molar-refractivity contribution in [3.05, 3.63) is 65.2 Å². The molecule has 4 rings (SSSR count). The molecule has 0 bridgehead atoms. The van der Waals surface area contributed by atoms with Gasteiger partial charge in [-0.3, -0.25) is 4.90 Å². The first-order valence-corrected chi connectivity index (χ1v) is 9.51. The third kappa shape index (κ3) is 3.91. The standard InChI is InChI=1S/C22H26N2O2/c1-17-7-8-20(24-13-11-23(12-14-24)19-9-10-19)15-21(17)22(25)26-16-18-5-3-2-4-6-18/h2-8,15,19H,9-14,16H2,1H3. The number of piperazine rings is 1. The highest BCUT2D eigenvalue weighted by atomic mass is 16.5. The predicted octanol–water partition coefficient (Wildman–Crippen LogP) is 3.64. The lowest BCUT2D eigenvalue weighted by atomic mass is 10.1. The predicted molar refractivity (Wildman–Crippen MR) is 104 cm³/mol. The van der Waals surface area contributed by atoms with Gasteiger partial charge in [-0.25, -0.2) is 4.79 Å². The van der Waals surface area contributed by atoms with Crippen molar-refractivity contribution in [2.24, 2.45) is 0 Å². The van der Waals surface area contributed by atoms with Crippen LogP contribution in [0.2, 0.25) is 0 Å². The van der Waals surface area contributed by atoms with E-state index in [4.69, 9.17) is 4.74 Å². The fraction of sp³-hybridized carbons (Fsp3) is 0.409. The number of nitrogens with zero attached hydrogens (tertiary/aromatic N) is 2. The number of carbonyl (C=O) groups excluding carboxylic acids is 1. The van der Waals surface area contributed by atoms with Gasteiger partial charge in [0, 0.05) is 37.9 Å². The SMILES string of the molecule is Cc1ccc(N2CCN(C3CC3)CC2)cc1C(=O)OCc1ccccc1. The Morgan fingerprint density at radius 1 is 1.04 bits per heavy atom. The smallest absolute Gasteiger partial charge is 0.338 e. The van der Waals surface area contributed by atoms with E-state index in [-0.39, 0.29) is 5.97 Å². The quantitative estimate of drug-likeness (QED) is 0.771. The molecule has 2 aromatic carbocycles. The van der Waals surface area contributed by atoms with Gasteiger partial charge in [0.05, 0.1) is 5.56 Å². The second-order valence-electron chi connectivity index (χ2n) is 7.32. The maximum absolute atomic E-state index is 12.6. The van der Waals surface area contributed by atoms with E-state index in [9.17, 15) is 4.79 Å². The molecule has 1 saturated heterocycles. The number of esters is 1. The number of rotatable bonds is 5. The third-order valence-electron chi connectivity index (χ3n) is 5.40. The molecule has 0 N–H and O–H groups in total. The van der Waals surface area contributed by atoms with E-state index in [2.05, 4.69) is 15.9 Å². The van der Waals surface area contributed by atoms with Crippen LogP contribution >= 0.6 is 0 Å². The number of anilines is 1. The second kappa shape index (κ2) is 7.50. The summed E-state index contributed by atoms with van der Waals surface area (Å²) in [6, 6.07) is 16.8. The second-order valence-corrected chi connectivity index (χ2v) is 7.32. The van der Waals surface area contributed by atoms with Gasteiger partial charge in [-0.15, -0.1) is 0 Å². The molecule has 2 aromatic rings. The number of aryl methyl sites for hydroxylation is 1. The van der Waals surface area contributed by atoms with Crippen molar-refractivity contribution in [3.63, 3.8) is 0 Å². The van der Waals surface area contributed by atoms with E-state index in [1.165, 1.54) is 12.8 Å². The highest BCUT2D eigenvalue weighted by Crippen LogP contribution is 2.29. The number of benzene rings is 2. The first-order chi connectivity index (χ1) is 12.7. The molecule has 0 unspecified atom stereocenters. The van der Waals surface area contributed by atoms with Gasteiger partial charge in [-0.05, 0) is 43.0 Å². The summed E-state index contributed by atoms with van der Waals surface area (Å²) in [5.74, 6) is -0.246. The number of carbonyl (C=O) groups is 1. The number of hydrogen-bond acceptors (Lipinski definition) is 4. The van der Waals surface area contributed by atoms with Crippen molar-refractivity contribution in [2.45, 2.75) is 32.4 Å². The van der Waals surface area contributed by atoms with Crippen LogP contribution in [0.3, 0.4) is 0 Å². The first kappa shape index (κ1) is 17.1. The lowest BCUT2D eigenvalue weighted by molar-refractivity contribution is 0.0472. The monoisotopic (exact) mass is 350 g/mol. The third-order valence-corrected chi connectivity index (χ3v) is 5.40. The number of ether oxygens (including phenoxy) is 1. The summed E-state index contributed by atoms with van der Waals surface area (Å²) in [5.41, 5.74) is 3.76. The van der Waals surface area contributed by atoms with Crippen LogP contribution in [0.25, 0.3) is 0 Å². The molecule has 26 heavy (non-hydrogen) atoms. The average molecular weight is 350 g/mol. The maximum Gasteiger partial charge on any atom is 0.338 e. The van der Waals surface area contributed by atoms with Gasteiger partial charge in [0.1, 0.15) is 6.61 Å². The van der Waals surface area contributed by atoms with E-state index in [1.54, 1.807) is 0 Å². The minimum atomic E-state index is -0.246. The van der Waals surface area contributed by atoms with Crippen molar-refractivity contribution >= 4 is 11.7 Å². The summed E-state index contributed by atoms with van der Waals surface area (Å²) >= 11 is 0. The van der Waals surface area contributed by atoms with E-state index in [0.29, 0.717) is 12.2 Å². The van der Waals surface area contributed by atoms with Crippen molar-refractivity contribution in [1.82, 2.24) is 4.90 Å². The molecule has 1 aliphatic carbocycles. The molecule has 2 aliphatic rings. The highest BCUT2D eigenvalue weighted by Gasteiger charge is 2.31. The lowest BCUT2D eigenvalue weighted by Gasteiger charge is -2.36. The normalized spacial score (nSPS) is 18.0. The fourth-order valence-electron chi connectivity index (χ4n) is 3.61. The molecule has 2 fully saturated rings. The van der Waals surface area contributed by atoms with Crippen LogP contribution in [-0.4, -0.2) is 43.1 Å². The minimum absolute atomic E-state index is 0.246. The van der Waals surface area contributed by atoms with Gasteiger partial charge in [-0.2, -0.15) is 0 Å². The van der Waals surface area contributed by atoms with Crippen molar-refractivity contribution in [3.8, 4) is 0 Å². The molecule has 0 radical (unpaired) electrons. The molecule has 4 nitrogen and oxygen atoms in total. The van der Waals surface area contributed by atoms with Gasteiger partial charge < -0.3 is 9.64 Å². The number of hydrogen-bond donors (Lipinski definition) is 0. The zero-order valence-corrected chi connectivity index (χ0v) is 15.4. The van der Waals surface area contributed by atoms with Crippen molar-refractivity contribution in [2.75, 3.05) is 31.1 Å². The summed E-state index contributed by atoms with van der Waals surface area (Å²) in [6.45, 7) is 6.56. The Morgan fingerprint density at radius 3 is 2.46 bits per heavy atom. The Hall–Kier alpha value is -2.33. The van der Waals surface area contributed by atoms with Crippen LogP contribution in [0.1, 0.15) is 34.3 Å². The molecule has 1 heterocycles. The Balaban J connectivity index is 1.41. The minimum Gasteiger partial charge on any atom is -0.457 e. The topological polar surface area (TPSA) is 32.8 Å². The maximum atomic E-state index is 12.6. The Kier molecular flexibility index (Phi) is 4.93. The van der Waals surface area contributed by atoms with E-state index < -0.39 is 0 Å². The molecular weight excluding hydrogens is 324 g/mol. The first-order valence-electron chi connectivity index (χ1n) is 9.51.